The molecule has 172 valence electrons. The number of anilines is 3. The van der Waals surface area contributed by atoms with Crippen molar-refractivity contribution in [1.29, 1.82) is 0 Å². The summed E-state index contributed by atoms with van der Waals surface area (Å²) in [6.45, 7) is 1.99. The van der Waals surface area contributed by atoms with Crippen LogP contribution in [0, 0.1) is 6.92 Å². The maximum absolute atomic E-state index is 13.0. The Morgan fingerprint density at radius 3 is 2.41 bits per heavy atom. The van der Waals surface area contributed by atoms with Gasteiger partial charge in [-0.1, -0.05) is 12.1 Å². The Bertz CT molecular complexity index is 1530. The van der Waals surface area contributed by atoms with Crippen LogP contribution >= 0.6 is 0 Å². The minimum atomic E-state index is -4.52. The topological polar surface area (TPSA) is 63.4 Å². The minimum absolute atomic E-state index is 0.187. The van der Waals surface area contributed by atoms with Crippen LogP contribution < -0.4 is 10.6 Å². The fourth-order valence-electron chi connectivity index (χ4n) is 3.92. The summed E-state index contributed by atoms with van der Waals surface area (Å²) in [7, 11) is 1.96. The SMILES string of the molecule is Cc1cc2c(C(=O)Nc3ccc(Nc4cccc5nc(C(F)(F)F)cn45)cc3)cccc2n1C. The van der Waals surface area contributed by atoms with Crippen LogP contribution in [0.15, 0.2) is 72.9 Å². The number of hydrogen-bond acceptors (Lipinski definition) is 3. The van der Waals surface area contributed by atoms with Gasteiger partial charge >= 0.3 is 6.18 Å². The molecule has 0 saturated heterocycles. The zero-order chi connectivity index (χ0) is 24.0. The standard InChI is InChI=1S/C25H20F3N5O/c1-15-13-19-18(5-3-6-20(19)32(15)2)24(34)30-17-11-9-16(10-12-17)29-22-7-4-8-23-31-21(14-33(22)23)25(26,27)28/h3-14,29H,1-2H3,(H,30,34). The molecule has 0 atom stereocenters. The van der Waals surface area contributed by atoms with Gasteiger partial charge in [0.15, 0.2) is 5.69 Å². The molecular weight excluding hydrogens is 443 g/mol. The second kappa shape index (κ2) is 7.95. The van der Waals surface area contributed by atoms with Gasteiger partial charge in [0.25, 0.3) is 5.91 Å². The van der Waals surface area contributed by atoms with Crippen molar-refractivity contribution in [3.05, 3.63) is 89.9 Å². The summed E-state index contributed by atoms with van der Waals surface area (Å²) < 4.78 is 42.5. The lowest BCUT2D eigenvalue weighted by atomic mass is 10.1. The number of amides is 1. The molecule has 1 amide bonds. The lowest BCUT2D eigenvalue weighted by Crippen LogP contribution is -2.12. The van der Waals surface area contributed by atoms with Gasteiger partial charge < -0.3 is 15.2 Å². The molecule has 0 bridgehead atoms. The zero-order valence-corrected chi connectivity index (χ0v) is 18.3. The van der Waals surface area contributed by atoms with Gasteiger partial charge in [-0.2, -0.15) is 13.2 Å². The number of alkyl halides is 3. The number of nitrogens with one attached hydrogen (secondary N) is 2. The maximum atomic E-state index is 13.0. The Balaban J connectivity index is 1.35. The van der Waals surface area contributed by atoms with E-state index in [1.165, 1.54) is 10.5 Å². The molecule has 0 fully saturated rings. The number of fused-ring (bicyclic) bond motifs is 2. The molecule has 5 aromatic rings. The van der Waals surface area contributed by atoms with E-state index in [9.17, 15) is 18.0 Å². The first kappa shape index (κ1) is 21.6. The second-order valence-corrected chi connectivity index (χ2v) is 8.00. The predicted molar refractivity (Wildman–Crippen MR) is 126 cm³/mol. The van der Waals surface area contributed by atoms with E-state index in [2.05, 4.69) is 15.6 Å². The number of pyridine rings is 1. The highest BCUT2D eigenvalue weighted by Gasteiger charge is 2.34. The summed E-state index contributed by atoms with van der Waals surface area (Å²) in [5.41, 5.74) is 3.09. The van der Waals surface area contributed by atoms with E-state index in [-0.39, 0.29) is 11.6 Å². The van der Waals surface area contributed by atoms with Gasteiger partial charge in [-0.05, 0) is 61.5 Å². The summed E-state index contributed by atoms with van der Waals surface area (Å²) in [6, 6.07) is 19.3. The molecule has 9 heteroatoms. The summed E-state index contributed by atoms with van der Waals surface area (Å²) in [5.74, 6) is 0.211. The van der Waals surface area contributed by atoms with E-state index >= 15 is 0 Å². The Kier molecular flexibility index (Phi) is 5.04. The first-order valence-corrected chi connectivity index (χ1v) is 10.5. The molecule has 0 spiro atoms. The Morgan fingerprint density at radius 2 is 1.68 bits per heavy atom. The number of aromatic nitrogens is 3. The van der Waals surface area contributed by atoms with Crippen LogP contribution in [0.4, 0.5) is 30.4 Å². The third-order valence-electron chi connectivity index (χ3n) is 5.77. The van der Waals surface area contributed by atoms with Gasteiger partial charge in [0.05, 0.1) is 0 Å². The lowest BCUT2D eigenvalue weighted by Gasteiger charge is -2.11. The maximum Gasteiger partial charge on any atom is 0.434 e. The summed E-state index contributed by atoms with van der Waals surface area (Å²) in [6.07, 6.45) is -3.57. The van der Waals surface area contributed by atoms with Crippen molar-refractivity contribution in [3.8, 4) is 0 Å². The highest BCUT2D eigenvalue weighted by Crippen LogP contribution is 2.30. The normalized spacial score (nSPS) is 11.8. The smallest absolute Gasteiger partial charge is 0.348 e. The molecule has 3 aromatic heterocycles. The fourth-order valence-corrected chi connectivity index (χ4v) is 3.92. The van der Waals surface area contributed by atoms with Gasteiger partial charge in [-0.25, -0.2) is 4.98 Å². The average Bonchev–Trinajstić information content (AvgIpc) is 3.37. The molecule has 6 nitrogen and oxygen atoms in total. The van der Waals surface area contributed by atoms with E-state index < -0.39 is 11.9 Å². The third kappa shape index (κ3) is 3.85. The number of imidazole rings is 1. The molecule has 0 unspecified atom stereocenters. The van der Waals surface area contributed by atoms with E-state index in [1.54, 1.807) is 42.5 Å². The number of aryl methyl sites for hydroxylation is 2. The number of benzene rings is 2. The molecule has 34 heavy (non-hydrogen) atoms. The van der Waals surface area contributed by atoms with Crippen LogP contribution in [0.2, 0.25) is 0 Å². The molecule has 0 saturated carbocycles. The van der Waals surface area contributed by atoms with Crippen LogP contribution in [-0.2, 0) is 13.2 Å². The fraction of sp³-hybridized carbons (Fsp3) is 0.120. The van der Waals surface area contributed by atoms with E-state index in [4.69, 9.17) is 0 Å². The van der Waals surface area contributed by atoms with Gasteiger partial charge in [0.1, 0.15) is 11.5 Å². The number of rotatable bonds is 4. The summed E-state index contributed by atoms with van der Waals surface area (Å²) in [4.78, 5) is 16.6. The van der Waals surface area contributed by atoms with Crippen LogP contribution in [0.25, 0.3) is 16.6 Å². The molecule has 0 aliphatic heterocycles. The lowest BCUT2D eigenvalue weighted by molar-refractivity contribution is -0.140. The molecule has 0 aliphatic carbocycles. The summed E-state index contributed by atoms with van der Waals surface area (Å²) >= 11 is 0. The van der Waals surface area contributed by atoms with Crippen molar-refractivity contribution in [2.24, 2.45) is 7.05 Å². The molecule has 5 rings (SSSR count). The molecule has 0 aliphatic rings. The molecule has 3 heterocycles. The highest BCUT2D eigenvalue weighted by atomic mass is 19.4. The van der Waals surface area contributed by atoms with E-state index in [0.717, 1.165) is 22.8 Å². The molecule has 2 N–H and O–H groups in total. The molecule has 0 radical (unpaired) electrons. The zero-order valence-electron chi connectivity index (χ0n) is 18.3. The van der Waals surface area contributed by atoms with Crippen molar-refractivity contribution < 1.29 is 18.0 Å². The van der Waals surface area contributed by atoms with Crippen LogP contribution in [0.1, 0.15) is 21.7 Å². The van der Waals surface area contributed by atoms with E-state index in [0.29, 0.717) is 22.8 Å². The van der Waals surface area contributed by atoms with Gasteiger partial charge in [-0.3, -0.25) is 9.20 Å². The van der Waals surface area contributed by atoms with E-state index in [1.807, 2.05) is 36.7 Å². The highest BCUT2D eigenvalue weighted by molar-refractivity contribution is 6.12. The largest absolute Gasteiger partial charge is 0.434 e. The average molecular weight is 463 g/mol. The first-order valence-electron chi connectivity index (χ1n) is 10.5. The Hall–Kier alpha value is -4.27. The summed E-state index contributed by atoms with van der Waals surface area (Å²) in [5, 5.41) is 6.88. The van der Waals surface area contributed by atoms with Crippen LogP contribution in [0.5, 0.6) is 0 Å². The number of halogens is 3. The van der Waals surface area contributed by atoms with Crippen molar-refractivity contribution in [2.75, 3.05) is 10.6 Å². The quantitative estimate of drug-likeness (QED) is 0.336. The van der Waals surface area contributed by atoms with Gasteiger partial charge in [0, 0.05) is 46.8 Å². The Morgan fingerprint density at radius 1 is 0.971 bits per heavy atom. The van der Waals surface area contributed by atoms with Crippen molar-refractivity contribution >= 4 is 39.6 Å². The first-order chi connectivity index (χ1) is 16.2. The van der Waals surface area contributed by atoms with Crippen molar-refractivity contribution in [1.82, 2.24) is 14.0 Å². The Labute approximate surface area is 192 Å². The molecule has 2 aromatic carbocycles. The van der Waals surface area contributed by atoms with Crippen molar-refractivity contribution in [3.63, 3.8) is 0 Å². The third-order valence-corrected chi connectivity index (χ3v) is 5.77. The number of carbonyl (C=O) groups excluding carboxylic acids is 1. The monoisotopic (exact) mass is 463 g/mol. The second-order valence-electron chi connectivity index (χ2n) is 8.00. The van der Waals surface area contributed by atoms with Gasteiger partial charge in [0.2, 0.25) is 0 Å². The number of nitrogens with zero attached hydrogens (tertiary/aromatic N) is 3. The number of hydrogen-bond donors (Lipinski definition) is 2. The van der Waals surface area contributed by atoms with Crippen LogP contribution in [0.3, 0.4) is 0 Å². The predicted octanol–water partition coefficient (Wildman–Crippen LogP) is 6.15. The molecular formula is C25H20F3N5O. The van der Waals surface area contributed by atoms with Crippen molar-refractivity contribution in [2.45, 2.75) is 13.1 Å². The van der Waals surface area contributed by atoms with Crippen LogP contribution in [-0.4, -0.2) is 19.9 Å². The number of carbonyl (C=O) groups is 1. The van der Waals surface area contributed by atoms with Gasteiger partial charge in [-0.15, -0.1) is 0 Å². The minimum Gasteiger partial charge on any atom is -0.348 e.